The first kappa shape index (κ1) is 15.0. The molecule has 0 radical (unpaired) electrons. The Morgan fingerprint density at radius 3 is 3.09 bits per heavy atom. The SMILES string of the molecule is C=CCc1cccc(/C=N/NC(=O)c2cc(C3CC3)[nH]n2)c1O. The number of carbonyl (C=O) groups is 1. The number of carbonyl (C=O) groups excluding carboxylic acids is 1. The first-order valence-corrected chi connectivity index (χ1v) is 7.49. The van der Waals surface area contributed by atoms with Gasteiger partial charge in [0, 0.05) is 17.2 Å². The first-order chi connectivity index (χ1) is 11.2. The molecule has 3 N–H and O–H groups in total. The van der Waals surface area contributed by atoms with Crippen molar-refractivity contribution in [2.24, 2.45) is 5.10 Å². The molecular formula is C17H18N4O2. The maximum atomic E-state index is 12.0. The van der Waals surface area contributed by atoms with Crippen LogP contribution in [0.3, 0.4) is 0 Å². The molecule has 6 heteroatoms. The van der Waals surface area contributed by atoms with Crippen molar-refractivity contribution in [1.82, 2.24) is 15.6 Å². The zero-order valence-corrected chi connectivity index (χ0v) is 12.6. The Morgan fingerprint density at radius 1 is 1.52 bits per heavy atom. The highest BCUT2D eigenvalue weighted by Gasteiger charge is 2.26. The number of allylic oxidation sites excluding steroid dienone is 1. The van der Waals surface area contributed by atoms with Gasteiger partial charge in [-0.15, -0.1) is 6.58 Å². The summed E-state index contributed by atoms with van der Waals surface area (Å²) < 4.78 is 0. The number of hydrogen-bond acceptors (Lipinski definition) is 4. The third-order valence-corrected chi connectivity index (χ3v) is 3.73. The Kier molecular flexibility index (Phi) is 4.23. The van der Waals surface area contributed by atoms with Crippen LogP contribution < -0.4 is 5.43 Å². The molecule has 1 aliphatic carbocycles. The van der Waals surface area contributed by atoms with Crippen LogP contribution in [0.1, 0.15) is 46.1 Å². The summed E-state index contributed by atoms with van der Waals surface area (Å²) >= 11 is 0. The number of phenols is 1. The number of rotatable bonds is 6. The number of aromatic hydroxyl groups is 1. The Bertz CT molecular complexity index is 760. The largest absolute Gasteiger partial charge is 0.507 e. The van der Waals surface area contributed by atoms with Crippen LogP contribution in [0.4, 0.5) is 0 Å². The van der Waals surface area contributed by atoms with Crippen LogP contribution in [0, 0.1) is 0 Å². The van der Waals surface area contributed by atoms with Crippen LogP contribution in [0.25, 0.3) is 0 Å². The van der Waals surface area contributed by atoms with Crippen molar-refractivity contribution >= 4 is 12.1 Å². The van der Waals surface area contributed by atoms with Gasteiger partial charge in [0.2, 0.25) is 0 Å². The number of nitrogens with one attached hydrogen (secondary N) is 2. The van der Waals surface area contributed by atoms with Crippen LogP contribution in [-0.2, 0) is 6.42 Å². The van der Waals surface area contributed by atoms with Gasteiger partial charge in [-0.25, -0.2) is 5.43 Å². The summed E-state index contributed by atoms with van der Waals surface area (Å²) in [5, 5.41) is 20.9. The lowest BCUT2D eigenvalue weighted by Gasteiger charge is -2.04. The van der Waals surface area contributed by atoms with Crippen LogP contribution in [0.5, 0.6) is 5.75 Å². The normalized spacial score (nSPS) is 14.1. The minimum atomic E-state index is -0.383. The third kappa shape index (κ3) is 3.48. The van der Waals surface area contributed by atoms with E-state index in [2.05, 4.69) is 27.3 Å². The molecule has 0 aliphatic heterocycles. The van der Waals surface area contributed by atoms with E-state index in [0.717, 1.165) is 24.1 Å². The summed E-state index contributed by atoms with van der Waals surface area (Å²) in [7, 11) is 0. The molecule has 6 nitrogen and oxygen atoms in total. The Hall–Kier alpha value is -2.89. The molecule has 1 amide bonds. The summed E-state index contributed by atoms with van der Waals surface area (Å²) in [6.07, 6.45) is 5.97. The maximum absolute atomic E-state index is 12.0. The van der Waals surface area contributed by atoms with Crippen molar-refractivity contribution in [2.45, 2.75) is 25.2 Å². The van der Waals surface area contributed by atoms with Crippen molar-refractivity contribution in [2.75, 3.05) is 0 Å². The van der Waals surface area contributed by atoms with E-state index in [1.54, 1.807) is 18.2 Å². The molecule has 0 spiro atoms. The average Bonchev–Trinajstić information content (AvgIpc) is 3.28. The number of phenolic OH excluding ortho intramolecular Hbond substituents is 1. The minimum absolute atomic E-state index is 0.140. The molecule has 0 bridgehead atoms. The molecule has 1 aromatic heterocycles. The van der Waals surface area contributed by atoms with Crippen LogP contribution >= 0.6 is 0 Å². The van der Waals surface area contributed by atoms with Gasteiger partial charge in [-0.05, 0) is 37.0 Å². The molecule has 0 atom stereocenters. The summed E-state index contributed by atoms with van der Waals surface area (Å²) in [5.41, 5.74) is 5.02. The fourth-order valence-electron chi connectivity index (χ4n) is 2.31. The number of benzene rings is 1. The smallest absolute Gasteiger partial charge is 0.291 e. The van der Waals surface area contributed by atoms with Gasteiger partial charge in [-0.3, -0.25) is 9.89 Å². The fourth-order valence-corrected chi connectivity index (χ4v) is 2.31. The number of nitrogens with zero attached hydrogens (tertiary/aromatic N) is 2. The van der Waals surface area contributed by atoms with Gasteiger partial charge >= 0.3 is 0 Å². The molecule has 1 fully saturated rings. The Morgan fingerprint density at radius 2 is 2.35 bits per heavy atom. The van der Waals surface area contributed by atoms with Crippen LogP contribution in [0.15, 0.2) is 42.0 Å². The second-order valence-corrected chi connectivity index (χ2v) is 5.53. The highest BCUT2D eigenvalue weighted by molar-refractivity contribution is 5.93. The topological polar surface area (TPSA) is 90.4 Å². The molecule has 0 saturated heterocycles. The third-order valence-electron chi connectivity index (χ3n) is 3.73. The second-order valence-electron chi connectivity index (χ2n) is 5.53. The highest BCUT2D eigenvalue weighted by atomic mass is 16.3. The zero-order valence-electron chi connectivity index (χ0n) is 12.6. The average molecular weight is 310 g/mol. The van der Waals surface area contributed by atoms with Gasteiger partial charge in [0.05, 0.1) is 6.21 Å². The number of aromatic nitrogens is 2. The van der Waals surface area contributed by atoms with E-state index < -0.39 is 0 Å². The van der Waals surface area contributed by atoms with E-state index in [1.807, 2.05) is 12.1 Å². The molecule has 1 aromatic carbocycles. The molecular weight excluding hydrogens is 292 g/mol. The molecule has 0 unspecified atom stereocenters. The van der Waals surface area contributed by atoms with Crippen molar-refractivity contribution < 1.29 is 9.90 Å². The Labute approximate surface area is 133 Å². The lowest BCUT2D eigenvalue weighted by atomic mass is 10.1. The predicted molar refractivity (Wildman–Crippen MR) is 87.6 cm³/mol. The van der Waals surface area contributed by atoms with Gasteiger partial charge in [0.15, 0.2) is 5.69 Å². The van der Waals surface area contributed by atoms with Gasteiger partial charge in [-0.2, -0.15) is 10.2 Å². The Balaban J connectivity index is 1.64. The van der Waals surface area contributed by atoms with Crippen molar-refractivity contribution in [1.29, 1.82) is 0 Å². The van der Waals surface area contributed by atoms with E-state index in [9.17, 15) is 9.90 Å². The number of hydrogen-bond donors (Lipinski definition) is 3. The predicted octanol–water partition coefficient (Wildman–Crippen LogP) is 2.49. The quantitative estimate of drug-likeness (QED) is 0.435. The molecule has 3 rings (SSSR count). The van der Waals surface area contributed by atoms with Crippen molar-refractivity contribution in [3.05, 3.63) is 59.4 Å². The van der Waals surface area contributed by atoms with Crippen molar-refractivity contribution in [3.8, 4) is 5.75 Å². The maximum Gasteiger partial charge on any atom is 0.291 e. The lowest BCUT2D eigenvalue weighted by Crippen LogP contribution is -2.18. The molecule has 1 heterocycles. The van der Waals surface area contributed by atoms with Crippen LogP contribution in [0.2, 0.25) is 0 Å². The minimum Gasteiger partial charge on any atom is -0.507 e. The highest BCUT2D eigenvalue weighted by Crippen LogP contribution is 2.38. The number of H-pyrrole nitrogens is 1. The van der Waals surface area contributed by atoms with E-state index in [1.165, 1.54) is 6.21 Å². The van der Waals surface area contributed by atoms with Gasteiger partial charge in [0.1, 0.15) is 5.75 Å². The molecule has 23 heavy (non-hydrogen) atoms. The van der Waals surface area contributed by atoms with E-state index in [4.69, 9.17) is 0 Å². The number of hydrazone groups is 1. The second kappa shape index (κ2) is 6.48. The first-order valence-electron chi connectivity index (χ1n) is 7.49. The summed E-state index contributed by atoms with van der Waals surface area (Å²) in [6, 6.07) is 7.11. The van der Waals surface area contributed by atoms with Gasteiger partial charge in [0.25, 0.3) is 5.91 Å². The van der Waals surface area contributed by atoms with E-state index in [-0.39, 0.29) is 11.7 Å². The van der Waals surface area contributed by atoms with E-state index >= 15 is 0 Å². The van der Waals surface area contributed by atoms with Gasteiger partial charge in [-0.1, -0.05) is 18.2 Å². The van der Waals surface area contributed by atoms with Gasteiger partial charge < -0.3 is 5.11 Å². The van der Waals surface area contributed by atoms with Crippen LogP contribution in [-0.4, -0.2) is 27.4 Å². The summed E-state index contributed by atoms with van der Waals surface area (Å²) in [5.74, 6) is 0.268. The number of amides is 1. The molecule has 2 aromatic rings. The number of para-hydroxylation sites is 1. The summed E-state index contributed by atoms with van der Waals surface area (Å²) in [6.45, 7) is 3.65. The molecule has 118 valence electrons. The number of aromatic amines is 1. The van der Waals surface area contributed by atoms with Crippen molar-refractivity contribution in [3.63, 3.8) is 0 Å². The monoisotopic (exact) mass is 310 g/mol. The standard InChI is InChI=1S/C17H18N4O2/c1-2-4-12-5-3-6-13(16(12)22)10-18-21-17(23)15-9-14(19-20-15)11-7-8-11/h2-3,5-6,9-11,22H,1,4,7-8H2,(H,19,20)(H,21,23)/b18-10+. The fraction of sp³-hybridized carbons (Fsp3) is 0.235. The lowest BCUT2D eigenvalue weighted by molar-refractivity contribution is 0.0950. The van der Waals surface area contributed by atoms with E-state index in [0.29, 0.717) is 23.6 Å². The molecule has 1 aliphatic rings. The summed E-state index contributed by atoms with van der Waals surface area (Å²) in [4.78, 5) is 12.0. The molecule has 1 saturated carbocycles. The zero-order chi connectivity index (χ0) is 16.2.